The molecule has 0 aliphatic heterocycles. The van der Waals surface area contributed by atoms with Crippen molar-refractivity contribution in [2.75, 3.05) is 6.54 Å². The number of nitrogens with one attached hydrogen (secondary N) is 1. The molecule has 1 aromatic carbocycles. The van der Waals surface area contributed by atoms with Gasteiger partial charge in [-0.25, -0.2) is 12.8 Å². The van der Waals surface area contributed by atoms with E-state index in [4.69, 9.17) is 17.1 Å². The van der Waals surface area contributed by atoms with E-state index in [2.05, 4.69) is 11.2 Å². The highest BCUT2D eigenvalue weighted by molar-refractivity contribution is 8.13. The highest BCUT2D eigenvalue weighted by Gasteiger charge is 2.15. The van der Waals surface area contributed by atoms with Crippen LogP contribution in [0.3, 0.4) is 0 Å². The van der Waals surface area contributed by atoms with E-state index in [9.17, 15) is 17.6 Å². The van der Waals surface area contributed by atoms with Crippen LogP contribution in [0.2, 0.25) is 0 Å². The number of halogens is 2. The number of terminal acetylenes is 1. The van der Waals surface area contributed by atoms with Crippen LogP contribution in [0.25, 0.3) is 0 Å². The van der Waals surface area contributed by atoms with Gasteiger partial charge in [0.25, 0.3) is 15.0 Å². The summed E-state index contributed by atoms with van der Waals surface area (Å²) in [4.78, 5) is 11.1. The number of amides is 1. The molecular weight excluding hydrogens is 281 g/mol. The van der Waals surface area contributed by atoms with Gasteiger partial charge in [0.05, 0.1) is 4.90 Å². The van der Waals surface area contributed by atoms with Crippen molar-refractivity contribution >= 4 is 25.6 Å². The molecule has 18 heavy (non-hydrogen) atoms. The second kappa shape index (κ2) is 5.85. The fraction of sp³-hybridized carbons (Fsp3) is 0.182. The predicted molar refractivity (Wildman–Crippen MR) is 65.2 cm³/mol. The van der Waals surface area contributed by atoms with Crippen LogP contribution in [0.5, 0.6) is 0 Å². The summed E-state index contributed by atoms with van der Waals surface area (Å²) in [6.07, 6.45) is 5.32. The molecule has 0 saturated heterocycles. The predicted octanol–water partition coefficient (Wildman–Crippen LogP) is 1.51. The van der Waals surface area contributed by atoms with E-state index < -0.39 is 25.7 Å². The van der Waals surface area contributed by atoms with Gasteiger partial charge in [0.1, 0.15) is 5.82 Å². The normalized spacial score (nSPS) is 10.7. The molecule has 1 N–H and O–H groups in total. The van der Waals surface area contributed by atoms with E-state index in [-0.39, 0.29) is 12.1 Å². The molecule has 4 nitrogen and oxygen atoms in total. The number of hydrogen-bond donors (Lipinski definition) is 1. The molecule has 0 saturated carbocycles. The summed E-state index contributed by atoms with van der Waals surface area (Å²) < 4.78 is 35.3. The van der Waals surface area contributed by atoms with Gasteiger partial charge in [0.2, 0.25) is 0 Å². The first-order valence-corrected chi connectivity index (χ1v) is 7.12. The molecule has 96 valence electrons. The van der Waals surface area contributed by atoms with Gasteiger partial charge < -0.3 is 5.32 Å². The van der Waals surface area contributed by atoms with Crippen LogP contribution in [-0.4, -0.2) is 20.9 Å². The molecule has 0 unspecified atom stereocenters. The largest absolute Gasteiger partial charge is 0.351 e. The Bertz CT molecular complexity index is 607. The number of carbonyl (C=O) groups excluding carboxylic acids is 1. The van der Waals surface area contributed by atoms with Gasteiger partial charge in [-0.15, -0.1) is 12.3 Å². The summed E-state index contributed by atoms with van der Waals surface area (Å²) in [5.41, 5.74) is -0.133. The SMILES string of the molecule is C#CCCNC(=O)c1cc(F)cc(S(=O)(=O)Cl)c1. The van der Waals surface area contributed by atoms with E-state index in [0.29, 0.717) is 6.42 Å². The lowest BCUT2D eigenvalue weighted by Gasteiger charge is -2.05. The van der Waals surface area contributed by atoms with Crippen molar-refractivity contribution in [1.82, 2.24) is 5.32 Å². The minimum absolute atomic E-state index is 0.133. The Morgan fingerprint density at radius 1 is 1.44 bits per heavy atom. The zero-order valence-corrected chi connectivity index (χ0v) is 10.7. The Kier molecular flexibility index (Phi) is 4.70. The van der Waals surface area contributed by atoms with E-state index in [1.165, 1.54) is 0 Å². The summed E-state index contributed by atoms with van der Waals surface area (Å²) in [5.74, 6) is 0.834. The molecule has 1 amide bonds. The number of carbonyl (C=O) groups is 1. The third kappa shape index (κ3) is 4.02. The second-order valence-electron chi connectivity index (χ2n) is 3.32. The zero-order valence-electron chi connectivity index (χ0n) is 9.11. The van der Waals surface area contributed by atoms with Crippen molar-refractivity contribution in [3.8, 4) is 12.3 Å². The standard InChI is InChI=1S/C11H9ClFNO3S/c1-2-3-4-14-11(15)8-5-9(13)7-10(6-8)18(12,16)17/h1,5-7H,3-4H2,(H,14,15). The van der Waals surface area contributed by atoms with Crippen LogP contribution in [0.15, 0.2) is 23.1 Å². The average Bonchev–Trinajstić information content (AvgIpc) is 2.27. The molecule has 0 fully saturated rings. The highest BCUT2D eigenvalue weighted by atomic mass is 35.7. The summed E-state index contributed by atoms with van der Waals surface area (Å²) >= 11 is 0. The number of hydrogen-bond acceptors (Lipinski definition) is 3. The minimum atomic E-state index is -4.09. The Balaban J connectivity index is 3.01. The maximum absolute atomic E-state index is 13.2. The van der Waals surface area contributed by atoms with E-state index in [0.717, 1.165) is 18.2 Å². The van der Waals surface area contributed by atoms with Gasteiger partial charge in [0, 0.05) is 29.2 Å². The van der Waals surface area contributed by atoms with Crippen LogP contribution in [0, 0.1) is 18.2 Å². The topological polar surface area (TPSA) is 63.2 Å². The fourth-order valence-electron chi connectivity index (χ4n) is 1.18. The van der Waals surface area contributed by atoms with Crippen molar-refractivity contribution in [3.63, 3.8) is 0 Å². The van der Waals surface area contributed by atoms with E-state index in [1.54, 1.807) is 0 Å². The van der Waals surface area contributed by atoms with E-state index in [1.807, 2.05) is 0 Å². The summed E-state index contributed by atoms with van der Waals surface area (Å²) in [6.45, 7) is 0.217. The Labute approximate surface area is 109 Å². The lowest BCUT2D eigenvalue weighted by molar-refractivity contribution is 0.0954. The van der Waals surface area contributed by atoms with Crippen LogP contribution >= 0.6 is 10.7 Å². The first-order valence-electron chi connectivity index (χ1n) is 4.81. The smallest absolute Gasteiger partial charge is 0.261 e. The maximum Gasteiger partial charge on any atom is 0.261 e. The molecular formula is C11H9ClFNO3S. The van der Waals surface area contributed by atoms with Gasteiger partial charge in [-0.1, -0.05) is 0 Å². The number of benzene rings is 1. The van der Waals surface area contributed by atoms with Crippen LogP contribution < -0.4 is 5.32 Å². The molecule has 1 rings (SSSR count). The van der Waals surface area contributed by atoms with Crippen LogP contribution in [0.4, 0.5) is 4.39 Å². The van der Waals surface area contributed by atoms with Crippen molar-refractivity contribution in [2.45, 2.75) is 11.3 Å². The molecule has 0 bridgehead atoms. The molecule has 0 radical (unpaired) electrons. The first kappa shape index (κ1) is 14.5. The molecule has 0 aliphatic rings. The lowest BCUT2D eigenvalue weighted by atomic mass is 10.2. The summed E-state index contributed by atoms with van der Waals surface area (Å²) in [5, 5.41) is 2.42. The monoisotopic (exact) mass is 289 g/mol. The lowest BCUT2D eigenvalue weighted by Crippen LogP contribution is -2.24. The van der Waals surface area contributed by atoms with Gasteiger partial charge in [-0.3, -0.25) is 4.79 Å². The minimum Gasteiger partial charge on any atom is -0.351 e. The average molecular weight is 290 g/mol. The molecule has 0 aliphatic carbocycles. The Morgan fingerprint density at radius 2 is 2.11 bits per heavy atom. The quantitative estimate of drug-likeness (QED) is 0.519. The van der Waals surface area contributed by atoms with Crippen molar-refractivity contribution in [2.24, 2.45) is 0 Å². The summed E-state index contributed by atoms with van der Waals surface area (Å²) in [6, 6.07) is 2.65. The van der Waals surface area contributed by atoms with Gasteiger partial charge >= 0.3 is 0 Å². The molecule has 1 aromatic rings. The second-order valence-corrected chi connectivity index (χ2v) is 5.89. The van der Waals surface area contributed by atoms with Crippen LogP contribution in [-0.2, 0) is 9.05 Å². The molecule has 7 heteroatoms. The molecule has 0 heterocycles. The molecule has 0 aromatic heterocycles. The number of rotatable bonds is 4. The van der Waals surface area contributed by atoms with Gasteiger partial charge in [0.15, 0.2) is 0 Å². The Morgan fingerprint density at radius 3 is 2.67 bits per heavy atom. The third-order valence-electron chi connectivity index (χ3n) is 1.97. The fourth-order valence-corrected chi connectivity index (χ4v) is 1.97. The summed E-state index contributed by atoms with van der Waals surface area (Å²) in [7, 11) is 0.995. The third-order valence-corrected chi connectivity index (χ3v) is 3.30. The zero-order chi connectivity index (χ0) is 13.8. The van der Waals surface area contributed by atoms with Crippen molar-refractivity contribution in [1.29, 1.82) is 0 Å². The van der Waals surface area contributed by atoms with Gasteiger partial charge in [-0.2, -0.15) is 0 Å². The van der Waals surface area contributed by atoms with Gasteiger partial charge in [-0.05, 0) is 18.2 Å². The van der Waals surface area contributed by atoms with Crippen LogP contribution in [0.1, 0.15) is 16.8 Å². The Hall–Kier alpha value is -1.58. The first-order chi connectivity index (χ1) is 8.34. The highest BCUT2D eigenvalue weighted by Crippen LogP contribution is 2.18. The van der Waals surface area contributed by atoms with Crippen molar-refractivity contribution in [3.05, 3.63) is 29.6 Å². The van der Waals surface area contributed by atoms with Crippen molar-refractivity contribution < 1.29 is 17.6 Å². The van der Waals surface area contributed by atoms with E-state index >= 15 is 0 Å². The molecule has 0 atom stereocenters. The molecule has 0 spiro atoms. The maximum atomic E-state index is 13.2.